The van der Waals surface area contributed by atoms with E-state index in [2.05, 4.69) is 5.32 Å². The number of nitrogens with zero attached hydrogens (tertiary/aromatic N) is 2. The second-order valence-electron chi connectivity index (χ2n) is 5.50. The van der Waals surface area contributed by atoms with Crippen LogP contribution < -0.4 is 10.2 Å². The summed E-state index contributed by atoms with van der Waals surface area (Å²) in [6.07, 6.45) is 0. The first-order valence-electron chi connectivity index (χ1n) is 7.36. The van der Waals surface area contributed by atoms with E-state index in [1.54, 1.807) is 25.1 Å². The van der Waals surface area contributed by atoms with Crippen LogP contribution in [0.5, 0.6) is 0 Å². The Labute approximate surface area is 158 Å². The predicted molar refractivity (Wildman–Crippen MR) is 98.3 cm³/mol. The topological polar surface area (TPSA) is 92.6 Å². The predicted octanol–water partition coefficient (Wildman–Crippen LogP) is 3.99. The Hall–Kier alpha value is -2.90. The number of carbonyl (C=O) groups is 2. The lowest BCUT2D eigenvalue weighted by Gasteiger charge is -2.15. The number of rotatable bonds is 4. The van der Waals surface area contributed by atoms with Crippen LogP contribution in [0.15, 0.2) is 53.2 Å². The molecule has 2 aromatic carbocycles. The average Bonchev–Trinajstić information content (AvgIpc) is 2.80. The van der Waals surface area contributed by atoms with Gasteiger partial charge in [-0.3, -0.25) is 19.7 Å². The van der Waals surface area contributed by atoms with Gasteiger partial charge in [-0.25, -0.2) is 4.90 Å². The molecule has 0 aromatic heterocycles. The highest BCUT2D eigenvalue weighted by molar-refractivity contribution is 6.53. The van der Waals surface area contributed by atoms with E-state index in [9.17, 15) is 19.7 Å². The molecular formula is C17H11Cl2N3O4. The number of imide groups is 1. The van der Waals surface area contributed by atoms with Crippen molar-refractivity contribution in [2.75, 3.05) is 10.2 Å². The molecule has 1 aliphatic heterocycles. The molecule has 0 atom stereocenters. The minimum Gasteiger partial charge on any atom is -0.349 e. The minimum absolute atomic E-state index is 0.0666. The molecule has 9 heteroatoms. The fourth-order valence-corrected chi connectivity index (χ4v) is 2.93. The number of benzene rings is 2. The van der Waals surface area contributed by atoms with E-state index in [4.69, 9.17) is 23.2 Å². The second kappa shape index (κ2) is 6.78. The lowest BCUT2D eigenvalue weighted by Crippen LogP contribution is -2.32. The fraction of sp³-hybridized carbons (Fsp3) is 0.0588. The Balaban J connectivity index is 1.95. The van der Waals surface area contributed by atoms with Gasteiger partial charge in [-0.1, -0.05) is 29.3 Å². The van der Waals surface area contributed by atoms with Crippen molar-refractivity contribution in [3.8, 4) is 0 Å². The third-order valence-electron chi connectivity index (χ3n) is 3.77. The number of anilines is 2. The number of carbonyl (C=O) groups excluding carboxylic acids is 2. The highest BCUT2D eigenvalue weighted by Gasteiger charge is 2.39. The summed E-state index contributed by atoms with van der Waals surface area (Å²) in [5.41, 5.74) is 1.04. The van der Waals surface area contributed by atoms with Gasteiger partial charge in [-0.2, -0.15) is 0 Å². The Morgan fingerprint density at radius 1 is 1.08 bits per heavy atom. The molecule has 132 valence electrons. The van der Waals surface area contributed by atoms with Gasteiger partial charge in [0.2, 0.25) is 0 Å². The quantitative estimate of drug-likeness (QED) is 0.483. The van der Waals surface area contributed by atoms with Gasteiger partial charge in [-0.05, 0) is 36.8 Å². The molecule has 0 bridgehead atoms. The van der Waals surface area contributed by atoms with Crippen LogP contribution in [0.3, 0.4) is 0 Å². The number of halogens is 2. The van der Waals surface area contributed by atoms with Crippen molar-refractivity contribution in [1.82, 2.24) is 0 Å². The molecule has 2 aromatic rings. The largest absolute Gasteiger partial charge is 0.349 e. The summed E-state index contributed by atoms with van der Waals surface area (Å²) in [4.78, 5) is 36.2. The van der Waals surface area contributed by atoms with E-state index in [-0.39, 0.29) is 22.1 Å². The number of nitro benzene ring substituents is 1. The van der Waals surface area contributed by atoms with E-state index in [0.717, 1.165) is 16.5 Å². The number of amides is 2. The molecular weight excluding hydrogens is 381 g/mol. The molecule has 7 nitrogen and oxygen atoms in total. The summed E-state index contributed by atoms with van der Waals surface area (Å²) < 4.78 is 0. The number of nitrogens with one attached hydrogen (secondary N) is 1. The molecule has 3 rings (SSSR count). The van der Waals surface area contributed by atoms with Gasteiger partial charge >= 0.3 is 0 Å². The first-order chi connectivity index (χ1) is 12.3. The molecule has 0 aliphatic carbocycles. The Morgan fingerprint density at radius 2 is 1.81 bits per heavy atom. The molecule has 0 saturated carbocycles. The number of aryl methyl sites for hydroxylation is 1. The normalized spacial score (nSPS) is 14.2. The highest BCUT2D eigenvalue weighted by Crippen LogP contribution is 2.32. The molecule has 1 heterocycles. The maximum Gasteiger partial charge on any atom is 0.283 e. The van der Waals surface area contributed by atoms with Crippen LogP contribution in [0.4, 0.5) is 17.1 Å². The third kappa shape index (κ3) is 3.14. The zero-order valence-corrected chi connectivity index (χ0v) is 14.8. The molecule has 2 amide bonds. The highest BCUT2D eigenvalue weighted by atomic mass is 35.5. The van der Waals surface area contributed by atoms with Crippen LogP contribution in [-0.4, -0.2) is 16.7 Å². The Bertz CT molecular complexity index is 988. The number of hydrogen-bond donors (Lipinski definition) is 1. The van der Waals surface area contributed by atoms with Crippen molar-refractivity contribution < 1.29 is 14.5 Å². The van der Waals surface area contributed by atoms with Gasteiger partial charge < -0.3 is 5.32 Å². The van der Waals surface area contributed by atoms with E-state index in [0.29, 0.717) is 10.7 Å². The van der Waals surface area contributed by atoms with Crippen LogP contribution in [0.2, 0.25) is 5.02 Å². The fourth-order valence-electron chi connectivity index (χ4n) is 2.49. The van der Waals surface area contributed by atoms with Gasteiger partial charge in [0.25, 0.3) is 17.5 Å². The summed E-state index contributed by atoms with van der Waals surface area (Å²) in [5, 5.41) is 14.0. The Morgan fingerprint density at radius 3 is 2.46 bits per heavy atom. The zero-order chi connectivity index (χ0) is 19.0. The van der Waals surface area contributed by atoms with Gasteiger partial charge in [0, 0.05) is 22.8 Å². The average molecular weight is 392 g/mol. The van der Waals surface area contributed by atoms with Crippen LogP contribution in [-0.2, 0) is 9.59 Å². The molecule has 0 saturated heterocycles. The SMILES string of the molecule is Cc1cc(Cl)ccc1NC1=C(Cl)C(=O)N(c2cccc([N+](=O)[O-])c2)C1=O. The smallest absolute Gasteiger partial charge is 0.283 e. The number of nitro groups is 1. The molecule has 0 radical (unpaired) electrons. The van der Waals surface area contributed by atoms with Gasteiger partial charge in [0.05, 0.1) is 10.6 Å². The van der Waals surface area contributed by atoms with Crippen molar-refractivity contribution >= 4 is 52.1 Å². The molecule has 0 spiro atoms. The first-order valence-corrected chi connectivity index (χ1v) is 8.11. The minimum atomic E-state index is -0.758. The van der Waals surface area contributed by atoms with Crippen molar-refractivity contribution in [2.24, 2.45) is 0 Å². The van der Waals surface area contributed by atoms with E-state index in [1.807, 2.05) is 0 Å². The van der Waals surface area contributed by atoms with E-state index >= 15 is 0 Å². The van der Waals surface area contributed by atoms with Gasteiger partial charge in [0.15, 0.2) is 0 Å². The van der Waals surface area contributed by atoms with E-state index in [1.165, 1.54) is 18.2 Å². The van der Waals surface area contributed by atoms with Crippen LogP contribution in [0.25, 0.3) is 0 Å². The lowest BCUT2D eigenvalue weighted by atomic mass is 10.2. The summed E-state index contributed by atoms with van der Waals surface area (Å²) >= 11 is 12.0. The van der Waals surface area contributed by atoms with Gasteiger partial charge in [-0.15, -0.1) is 0 Å². The molecule has 1 N–H and O–H groups in total. The summed E-state index contributed by atoms with van der Waals surface area (Å²) in [6.45, 7) is 1.78. The molecule has 26 heavy (non-hydrogen) atoms. The lowest BCUT2D eigenvalue weighted by molar-refractivity contribution is -0.384. The van der Waals surface area contributed by atoms with Crippen molar-refractivity contribution in [1.29, 1.82) is 0 Å². The van der Waals surface area contributed by atoms with Crippen molar-refractivity contribution in [3.63, 3.8) is 0 Å². The molecule has 0 fully saturated rings. The second-order valence-corrected chi connectivity index (χ2v) is 6.31. The maximum absolute atomic E-state index is 12.7. The van der Waals surface area contributed by atoms with Crippen LogP contribution in [0, 0.1) is 17.0 Å². The summed E-state index contributed by atoms with van der Waals surface area (Å²) in [7, 11) is 0. The zero-order valence-electron chi connectivity index (χ0n) is 13.3. The van der Waals surface area contributed by atoms with E-state index < -0.39 is 16.7 Å². The van der Waals surface area contributed by atoms with Crippen molar-refractivity contribution in [2.45, 2.75) is 6.92 Å². The number of hydrogen-bond acceptors (Lipinski definition) is 5. The first kappa shape index (κ1) is 17.9. The summed E-state index contributed by atoms with van der Waals surface area (Å²) in [6, 6.07) is 10.2. The monoisotopic (exact) mass is 391 g/mol. The van der Waals surface area contributed by atoms with Crippen molar-refractivity contribution in [3.05, 3.63) is 73.9 Å². The summed E-state index contributed by atoms with van der Waals surface area (Å²) in [5.74, 6) is -1.46. The Kier molecular flexibility index (Phi) is 4.67. The van der Waals surface area contributed by atoms with Gasteiger partial charge in [0.1, 0.15) is 10.7 Å². The van der Waals surface area contributed by atoms with Crippen LogP contribution >= 0.6 is 23.2 Å². The maximum atomic E-state index is 12.7. The number of non-ortho nitro benzene ring substituents is 1. The third-order valence-corrected chi connectivity index (χ3v) is 4.36. The molecule has 1 aliphatic rings. The molecule has 0 unspecified atom stereocenters. The van der Waals surface area contributed by atoms with Crippen LogP contribution in [0.1, 0.15) is 5.56 Å². The standard InChI is InChI=1S/C17H11Cl2N3O4/c1-9-7-10(18)5-6-13(9)20-15-14(19)16(23)21(17(15)24)11-3-2-4-12(8-11)22(25)26/h2-8,20H,1H3.